The molecule has 0 spiro atoms. The SMILES string of the molecule is CCCCC(Oc1cc([N+](=O)[O-])ccc1Cl)C(=O)O. The van der Waals surface area contributed by atoms with Crippen molar-refractivity contribution in [3.05, 3.63) is 33.3 Å². The molecule has 0 radical (unpaired) electrons. The largest absolute Gasteiger partial charge is 0.479 e. The van der Waals surface area contributed by atoms with Crippen molar-refractivity contribution in [3.63, 3.8) is 0 Å². The van der Waals surface area contributed by atoms with Crippen LogP contribution in [-0.2, 0) is 4.79 Å². The molecule has 0 aliphatic rings. The Morgan fingerprint density at radius 1 is 1.58 bits per heavy atom. The molecule has 1 aromatic carbocycles. The number of hydrogen-bond donors (Lipinski definition) is 1. The molecule has 0 aliphatic carbocycles. The number of halogens is 1. The van der Waals surface area contributed by atoms with E-state index in [1.807, 2.05) is 6.92 Å². The van der Waals surface area contributed by atoms with Crippen LogP contribution in [0.25, 0.3) is 0 Å². The summed E-state index contributed by atoms with van der Waals surface area (Å²) in [5.74, 6) is -1.10. The topological polar surface area (TPSA) is 89.7 Å². The molecule has 1 N–H and O–H groups in total. The van der Waals surface area contributed by atoms with E-state index in [4.69, 9.17) is 21.4 Å². The molecule has 0 aromatic heterocycles. The second-order valence-corrected chi connectivity index (χ2v) is 4.37. The Bertz CT molecular complexity index is 477. The molecule has 0 fully saturated rings. The molecule has 6 nitrogen and oxygen atoms in total. The first-order valence-corrected chi connectivity index (χ1v) is 6.17. The number of carbonyl (C=O) groups is 1. The van der Waals surface area contributed by atoms with E-state index in [2.05, 4.69) is 0 Å². The van der Waals surface area contributed by atoms with Crippen molar-refractivity contribution in [1.29, 1.82) is 0 Å². The molecular weight excluding hydrogens is 274 g/mol. The molecule has 7 heteroatoms. The molecule has 1 rings (SSSR count). The highest BCUT2D eigenvalue weighted by Crippen LogP contribution is 2.30. The van der Waals surface area contributed by atoms with Gasteiger partial charge in [-0.15, -0.1) is 0 Å². The van der Waals surface area contributed by atoms with Gasteiger partial charge in [-0.1, -0.05) is 24.9 Å². The zero-order valence-corrected chi connectivity index (χ0v) is 11.1. The number of aliphatic carboxylic acids is 1. The Hall–Kier alpha value is -1.82. The maximum atomic E-state index is 11.0. The third-order valence-electron chi connectivity index (χ3n) is 2.49. The van der Waals surface area contributed by atoms with Crippen molar-refractivity contribution in [2.24, 2.45) is 0 Å². The van der Waals surface area contributed by atoms with Crippen LogP contribution in [0.5, 0.6) is 5.75 Å². The van der Waals surface area contributed by atoms with Crippen LogP contribution in [-0.4, -0.2) is 22.1 Å². The van der Waals surface area contributed by atoms with Crippen molar-refractivity contribution in [2.75, 3.05) is 0 Å². The second kappa shape index (κ2) is 6.94. The van der Waals surface area contributed by atoms with Gasteiger partial charge in [0.15, 0.2) is 6.10 Å². The van der Waals surface area contributed by atoms with E-state index in [0.29, 0.717) is 12.8 Å². The third kappa shape index (κ3) is 4.40. The van der Waals surface area contributed by atoms with Crippen LogP contribution in [0.15, 0.2) is 18.2 Å². The van der Waals surface area contributed by atoms with Crippen LogP contribution in [0, 0.1) is 10.1 Å². The number of nitro groups is 1. The van der Waals surface area contributed by atoms with Crippen LogP contribution in [0.1, 0.15) is 26.2 Å². The lowest BCUT2D eigenvalue weighted by Crippen LogP contribution is -2.27. The number of carboxylic acids is 1. The van der Waals surface area contributed by atoms with Crippen LogP contribution in [0.3, 0.4) is 0 Å². The van der Waals surface area contributed by atoms with Gasteiger partial charge in [0.25, 0.3) is 5.69 Å². The van der Waals surface area contributed by atoms with Gasteiger partial charge in [0.05, 0.1) is 16.0 Å². The van der Waals surface area contributed by atoms with E-state index in [0.717, 1.165) is 12.5 Å². The number of carboxylic acid groups (broad SMARTS) is 1. The number of nitrogens with zero attached hydrogens (tertiary/aromatic N) is 1. The van der Waals surface area contributed by atoms with Crippen LogP contribution >= 0.6 is 11.6 Å². The number of rotatable bonds is 7. The third-order valence-corrected chi connectivity index (χ3v) is 2.80. The van der Waals surface area contributed by atoms with Gasteiger partial charge in [-0.05, 0) is 18.9 Å². The van der Waals surface area contributed by atoms with E-state index in [-0.39, 0.29) is 16.5 Å². The molecule has 1 aromatic rings. The van der Waals surface area contributed by atoms with Gasteiger partial charge >= 0.3 is 5.97 Å². The zero-order chi connectivity index (χ0) is 14.4. The molecule has 19 heavy (non-hydrogen) atoms. The van der Waals surface area contributed by atoms with Crippen molar-refractivity contribution in [3.8, 4) is 5.75 Å². The van der Waals surface area contributed by atoms with E-state index < -0.39 is 17.0 Å². The monoisotopic (exact) mass is 287 g/mol. The maximum Gasteiger partial charge on any atom is 0.344 e. The van der Waals surface area contributed by atoms with Gasteiger partial charge < -0.3 is 9.84 Å². The molecule has 1 atom stereocenters. The van der Waals surface area contributed by atoms with Crippen molar-refractivity contribution >= 4 is 23.3 Å². The zero-order valence-electron chi connectivity index (χ0n) is 10.3. The van der Waals surface area contributed by atoms with Crippen molar-refractivity contribution in [1.82, 2.24) is 0 Å². The number of non-ortho nitro benzene ring substituents is 1. The number of unbranched alkanes of at least 4 members (excludes halogenated alkanes) is 1. The summed E-state index contributed by atoms with van der Waals surface area (Å²) >= 11 is 5.84. The Labute approximate surface area is 115 Å². The Morgan fingerprint density at radius 3 is 2.79 bits per heavy atom. The van der Waals surface area contributed by atoms with Crippen LogP contribution < -0.4 is 4.74 Å². The molecule has 0 saturated carbocycles. The van der Waals surface area contributed by atoms with Crippen LogP contribution in [0.4, 0.5) is 5.69 Å². The Morgan fingerprint density at radius 2 is 2.26 bits per heavy atom. The quantitative estimate of drug-likeness (QED) is 0.614. The van der Waals surface area contributed by atoms with Gasteiger partial charge in [0.2, 0.25) is 0 Å². The smallest absolute Gasteiger partial charge is 0.344 e. The lowest BCUT2D eigenvalue weighted by Gasteiger charge is -2.15. The standard InChI is InChI=1S/C12H14ClNO5/c1-2-3-4-10(12(15)16)19-11-7-8(14(17)18)5-6-9(11)13/h5-7,10H,2-4H2,1H3,(H,15,16). The Kier molecular flexibility index (Phi) is 5.57. The van der Waals surface area contributed by atoms with Crippen LogP contribution in [0.2, 0.25) is 5.02 Å². The number of nitro benzene ring substituents is 1. The summed E-state index contributed by atoms with van der Waals surface area (Å²) < 4.78 is 5.26. The van der Waals surface area contributed by atoms with E-state index in [9.17, 15) is 14.9 Å². The van der Waals surface area contributed by atoms with Crippen molar-refractivity contribution in [2.45, 2.75) is 32.3 Å². The molecule has 0 saturated heterocycles. The van der Waals surface area contributed by atoms with E-state index in [1.165, 1.54) is 12.1 Å². The summed E-state index contributed by atoms with van der Waals surface area (Å²) in [4.78, 5) is 21.1. The average Bonchev–Trinajstić information content (AvgIpc) is 2.35. The van der Waals surface area contributed by atoms with Gasteiger partial charge in [-0.25, -0.2) is 4.79 Å². The Balaban J connectivity index is 2.91. The van der Waals surface area contributed by atoms with Crippen molar-refractivity contribution < 1.29 is 19.6 Å². The first kappa shape index (κ1) is 15.2. The minimum atomic E-state index is -1.11. The fraction of sp³-hybridized carbons (Fsp3) is 0.417. The predicted octanol–water partition coefficient (Wildman–Crippen LogP) is 3.27. The predicted molar refractivity (Wildman–Crippen MR) is 69.7 cm³/mol. The highest BCUT2D eigenvalue weighted by Gasteiger charge is 2.21. The molecule has 104 valence electrons. The molecule has 0 heterocycles. The average molecular weight is 288 g/mol. The summed E-state index contributed by atoms with van der Waals surface area (Å²) in [6.07, 6.45) is 0.781. The molecule has 0 aliphatic heterocycles. The molecular formula is C12H14ClNO5. The van der Waals surface area contributed by atoms with Gasteiger partial charge in [-0.2, -0.15) is 0 Å². The molecule has 0 bridgehead atoms. The van der Waals surface area contributed by atoms with E-state index >= 15 is 0 Å². The lowest BCUT2D eigenvalue weighted by molar-refractivity contribution is -0.384. The first-order chi connectivity index (χ1) is 8.95. The fourth-order valence-corrected chi connectivity index (χ4v) is 1.63. The van der Waals surface area contributed by atoms with E-state index in [1.54, 1.807) is 0 Å². The second-order valence-electron chi connectivity index (χ2n) is 3.96. The van der Waals surface area contributed by atoms with Gasteiger partial charge in [0.1, 0.15) is 5.75 Å². The highest BCUT2D eigenvalue weighted by atomic mass is 35.5. The summed E-state index contributed by atoms with van der Waals surface area (Å²) in [7, 11) is 0. The minimum Gasteiger partial charge on any atom is -0.479 e. The maximum absolute atomic E-state index is 11.0. The number of benzene rings is 1. The highest BCUT2D eigenvalue weighted by molar-refractivity contribution is 6.32. The minimum absolute atomic E-state index is 0.0133. The lowest BCUT2D eigenvalue weighted by atomic mass is 10.1. The summed E-state index contributed by atoms with van der Waals surface area (Å²) in [6, 6.07) is 3.68. The normalized spacial score (nSPS) is 11.9. The molecule has 0 amide bonds. The summed E-state index contributed by atoms with van der Waals surface area (Å²) in [5.41, 5.74) is -0.195. The van der Waals surface area contributed by atoms with Gasteiger partial charge in [-0.3, -0.25) is 10.1 Å². The first-order valence-electron chi connectivity index (χ1n) is 5.79. The summed E-state index contributed by atoms with van der Waals surface area (Å²) in [5, 5.41) is 19.8. The fourth-order valence-electron chi connectivity index (χ4n) is 1.47. The molecule has 1 unspecified atom stereocenters. The number of hydrogen-bond acceptors (Lipinski definition) is 4. The number of ether oxygens (including phenoxy) is 1. The summed E-state index contributed by atoms with van der Waals surface area (Å²) in [6.45, 7) is 1.93. The van der Waals surface area contributed by atoms with Gasteiger partial charge in [0, 0.05) is 6.07 Å².